The fraction of sp³-hybridized carbons (Fsp3) is 0.692. The Kier molecular flexibility index (Phi) is 5.66. The third-order valence-corrected chi connectivity index (χ3v) is 3.19. The van der Waals surface area contributed by atoms with Crippen LogP contribution < -0.4 is 5.32 Å². The highest BCUT2D eigenvalue weighted by Crippen LogP contribution is 2.12. The molecule has 7 heteroatoms. The lowest BCUT2D eigenvalue weighted by Gasteiger charge is -2.16. The monoisotopic (exact) mass is 283 g/mol. The molecular formula is C13H21N3O4. The second-order valence-electron chi connectivity index (χ2n) is 4.86. The Balaban J connectivity index is 2.66. The number of urea groups is 1. The summed E-state index contributed by atoms with van der Waals surface area (Å²) in [6.07, 6.45) is 2.19. The molecule has 1 aliphatic heterocycles. The van der Waals surface area contributed by atoms with Crippen molar-refractivity contribution in [3.8, 4) is 0 Å². The molecule has 1 fully saturated rings. The summed E-state index contributed by atoms with van der Waals surface area (Å²) < 4.78 is 0. The van der Waals surface area contributed by atoms with Crippen molar-refractivity contribution in [3.05, 3.63) is 0 Å². The molecule has 1 N–H and O–H groups in total. The van der Waals surface area contributed by atoms with E-state index in [0.717, 1.165) is 17.7 Å². The Morgan fingerprint density at radius 2 is 1.75 bits per heavy atom. The summed E-state index contributed by atoms with van der Waals surface area (Å²) in [7, 11) is 0. The van der Waals surface area contributed by atoms with E-state index in [0.29, 0.717) is 11.3 Å². The highest BCUT2D eigenvalue weighted by molar-refractivity contribution is 6.45. The van der Waals surface area contributed by atoms with Crippen LogP contribution in [-0.4, -0.2) is 52.7 Å². The molecule has 1 rings (SSSR count). The van der Waals surface area contributed by atoms with Gasteiger partial charge in [0.1, 0.15) is 6.54 Å². The highest BCUT2D eigenvalue weighted by Gasteiger charge is 2.44. The van der Waals surface area contributed by atoms with Crippen molar-refractivity contribution in [1.29, 1.82) is 0 Å². The van der Waals surface area contributed by atoms with Gasteiger partial charge in [0.15, 0.2) is 0 Å². The molecule has 0 aromatic rings. The number of hydrogen-bond acceptors (Lipinski definition) is 4. The van der Waals surface area contributed by atoms with Crippen LogP contribution in [0.25, 0.3) is 0 Å². The van der Waals surface area contributed by atoms with Gasteiger partial charge in [-0.25, -0.2) is 9.69 Å². The summed E-state index contributed by atoms with van der Waals surface area (Å²) in [6, 6.07) is -0.741. The third-order valence-electron chi connectivity index (χ3n) is 3.19. The van der Waals surface area contributed by atoms with Gasteiger partial charge >= 0.3 is 17.8 Å². The van der Waals surface area contributed by atoms with Gasteiger partial charge in [-0.2, -0.15) is 0 Å². The molecule has 0 aromatic carbocycles. The van der Waals surface area contributed by atoms with Crippen molar-refractivity contribution in [2.75, 3.05) is 13.1 Å². The Morgan fingerprint density at radius 3 is 2.30 bits per heavy atom. The maximum Gasteiger partial charge on any atom is 0.334 e. The minimum atomic E-state index is -0.926. The second-order valence-corrected chi connectivity index (χ2v) is 4.86. The zero-order chi connectivity index (χ0) is 15.3. The van der Waals surface area contributed by atoms with E-state index in [2.05, 4.69) is 5.32 Å². The van der Waals surface area contributed by atoms with E-state index >= 15 is 0 Å². The van der Waals surface area contributed by atoms with Crippen molar-refractivity contribution in [3.63, 3.8) is 0 Å². The first-order valence-electron chi connectivity index (χ1n) is 6.89. The molecule has 7 nitrogen and oxygen atoms in total. The van der Waals surface area contributed by atoms with Crippen molar-refractivity contribution >= 4 is 23.8 Å². The Bertz CT molecular complexity index is 422. The predicted molar refractivity (Wildman–Crippen MR) is 71.6 cm³/mol. The first kappa shape index (κ1) is 16.1. The first-order chi connectivity index (χ1) is 9.42. The summed E-state index contributed by atoms with van der Waals surface area (Å²) in [5.41, 5.74) is 0. The van der Waals surface area contributed by atoms with Gasteiger partial charge < -0.3 is 5.32 Å². The molecule has 0 saturated carbocycles. The van der Waals surface area contributed by atoms with Crippen LogP contribution in [0.2, 0.25) is 0 Å². The van der Waals surface area contributed by atoms with Gasteiger partial charge in [0.2, 0.25) is 5.91 Å². The Labute approximate surface area is 118 Å². The number of imide groups is 2. The highest BCUT2D eigenvalue weighted by atomic mass is 16.2. The number of nitrogens with one attached hydrogen (secondary N) is 1. The SMILES string of the molecule is CCCCN1C(=O)C(=O)N(CC(=O)NC(C)CC)C1=O. The lowest BCUT2D eigenvalue weighted by molar-refractivity contribution is -0.144. The molecule has 5 amide bonds. The minimum Gasteiger partial charge on any atom is -0.352 e. The minimum absolute atomic E-state index is 0.0396. The number of unbranched alkanes of at least 4 members (excludes halogenated alkanes) is 1. The molecule has 112 valence electrons. The fourth-order valence-electron chi connectivity index (χ4n) is 1.77. The normalized spacial score (nSPS) is 16.9. The standard InChI is InChI=1S/C13H21N3O4/c1-4-6-7-15-11(18)12(19)16(13(15)20)8-10(17)14-9(3)5-2/h9H,4-8H2,1-3H3,(H,14,17). The van der Waals surface area contributed by atoms with Crippen LogP contribution in [0.15, 0.2) is 0 Å². The maximum atomic E-state index is 12.0. The molecule has 1 aliphatic rings. The van der Waals surface area contributed by atoms with Gasteiger partial charge in [0, 0.05) is 12.6 Å². The fourth-order valence-corrected chi connectivity index (χ4v) is 1.77. The topological polar surface area (TPSA) is 86.8 Å². The molecule has 0 bridgehead atoms. The molecule has 1 heterocycles. The van der Waals surface area contributed by atoms with Gasteiger partial charge in [-0.05, 0) is 19.8 Å². The predicted octanol–water partition coefficient (Wildman–Crippen LogP) is 0.492. The lowest BCUT2D eigenvalue weighted by Crippen LogP contribution is -2.43. The van der Waals surface area contributed by atoms with Crippen LogP contribution in [0.1, 0.15) is 40.0 Å². The molecule has 0 aliphatic carbocycles. The van der Waals surface area contributed by atoms with Crippen LogP contribution >= 0.6 is 0 Å². The molecule has 1 saturated heterocycles. The second kappa shape index (κ2) is 7.02. The smallest absolute Gasteiger partial charge is 0.334 e. The summed E-state index contributed by atoms with van der Waals surface area (Å²) in [5, 5.41) is 2.66. The Morgan fingerprint density at radius 1 is 1.15 bits per heavy atom. The molecule has 0 radical (unpaired) electrons. The van der Waals surface area contributed by atoms with Gasteiger partial charge in [-0.3, -0.25) is 19.3 Å². The number of hydrogen-bond donors (Lipinski definition) is 1. The summed E-state index contributed by atoms with van der Waals surface area (Å²) in [5.74, 6) is -2.21. The van der Waals surface area contributed by atoms with E-state index in [1.165, 1.54) is 0 Å². The molecular weight excluding hydrogens is 262 g/mol. The van der Waals surface area contributed by atoms with Crippen LogP contribution in [0.4, 0.5) is 4.79 Å². The third kappa shape index (κ3) is 3.55. The molecule has 0 aromatic heterocycles. The number of nitrogens with zero attached hydrogens (tertiary/aromatic N) is 2. The quantitative estimate of drug-likeness (QED) is 0.544. The van der Waals surface area contributed by atoms with Crippen molar-refractivity contribution in [1.82, 2.24) is 15.1 Å². The van der Waals surface area contributed by atoms with Crippen molar-refractivity contribution in [2.45, 2.75) is 46.1 Å². The van der Waals surface area contributed by atoms with Gasteiger partial charge in [0.05, 0.1) is 0 Å². The molecule has 1 unspecified atom stereocenters. The van der Waals surface area contributed by atoms with E-state index in [4.69, 9.17) is 0 Å². The van der Waals surface area contributed by atoms with Crippen LogP contribution in [0, 0.1) is 0 Å². The van der Waals surface area contributed by atoms with Crippen LogP contribution in [-0.2, 0) is 14.4 Å². The van der Waals surface area contributed by atoms with E-state index in [9.17, 15) is 19.2 Å². The van der Waals surface area contributed by atoms with E-state index in [1.54, 1.807) is 0 Å². The van der Waals surface area contributed by atoms with Crippen molar-refractivity contribution < 1.29 is 19.2 Å². The average Bonchev–Trinajstić information content (AvgIpc) is 2.61. The molecule has 1 atom stereocenters. The Hall–Kier alpha value is -1.92. The van der Waals surface area contributed by atoms with Crippen molar-refractivity contribution in [2.24, 2.45) is 0 Å². The van der Waals surface area contributed by atoms with Gasteiger partial charge in [-0.1, -0.05) is 20.3 Å². The lowest BCUT2D eigenvalue weighted by atomic mass is 10.2. The van der Waals surface area contributed by atoms with E-state index in [1.807, 2.05) is 20.8 Å². The largest absolute Gasteiger partial charge is 0.352 e. The molecule has 0 spiro atoms. The van der Waals surface area contributed by atoms with E-state index in [-0.39, 0.29) is 12.6 Å². The average molecular weight is 283 g/mol. The van der Waals surface area contributed by atoms with E-state index < -0.39 is 30.3 Å². The van der Waals surface area contributed by atoms with Crippen LogP contribution in [0.3, 0.4) is 0 Å². The maximum absolute atomic E-state index is 12.0. The molecule has 20 heavy (non-hydrogen) atoms. The summed E-state index contributed by atoms with van der Waals surface area (Å²) >= 11 is 0. The number of rotatable bonds is 7. The van der Waals surface area contributed by atoms with Crippen LogP contribution in [0.5, 0.6) is 0 Å². The first-order valence-corrected chi connectivity index (χ1v) is 6.89. The summed E-state index contributed by atoms with van der Waals surface area (Å²) in [6.45, 7) is 5.46. The number of carbonyl (C=O) groups excluding carboxylic acids is 4. The van der Waals surface area contributed by atoms with Gasteiger partial charge in [-0.15, -0.1) is 0 Å². The van der Waals surface area contributed by atoms with Gasteiger partial charge in [0.25, 0.3) is 0 Å². The zero-order valence-electron chi connectivity index (χ0n) is 12.1. The number of carbonyl (C=O) groups is 4. The number of amides is 5. The zero-order valence-corrected chi connectivity index (χ0v) is 12.1. The summed E-state index contributed by atoms with van der Waals surface area (Å²) in [4.78, 5) is 48.7.